The Morgan fingerprint density at radius 3 is 2.27 bits per heavy atom. The number of rotatable bonds is 7. The van der Waals surface area contributed by atoms with Crippen molar-refractivity contribution in [2.24, 2.45) is 0 Å². The summed E-state index contributed by atoms with van der Waals surface area (Å²) in [7, 11) is 0. The van der Waals surface area contributed by atoms with Crippen LogP contribution in [0.25, 0.3) is 0 Å². The van der Waals surface area contributed by atoms with Crippen molar-refractivity contribution in [3.63, 3.8) is 0 Å². The van der Waals surface area contributed by atoms with Crippen LogP contribution in [0.3, 0.4) is 0 Å². The Balaban J connectivity index is 1.99. The molecule has 1 fully saturated rings. The largest absolute Gasteiger partial charge is 0.481 e. The van der Waals surface area contributed by atoms with E-state index in [1.807, 2.05) is 0 Å². The van der Waals surface area contributed by atoms with Gasteiger partial charge in [-0.15, -0.1) is 0 Å². The SMILES string of the molecule is CCN(CCC(=O)O)C(=O)c1ccc(C(=O)NC2CC2)cc1. The van der Waals surface area contributed by atoms with Crippen molar-refractivity contribution in [3.8, 4) is 0 Å². The zero-order valence-corrected chi connectivity index (χ0v) is 12.5. The Hall–Kier alpha value is -2.37. The van der Waals surface area contributed by atoms with Crippen molar-refractivity contribution in [2.75, 3.05) is 13.1 Å². The highest BCUT2D eigenvalue weighted by Gasteiger charge is 2.24. The minimum Gasteiger partial charge on any atom is -0.481 e. The third-order valence-electron chi connectivity index (χ3n) is 3.57. The summed E-state index contributed by atoms with van der Waals surface area (Å²) in [6, 6.07) is 6.74. The molecule has 0 unspecified atom stereocenters. The molecule has 6 nitrogen and oxygen atoms in total. The quantitative estimate of drug-likeness (QED) is 0.799. The fourth-order valence-corrected chi connectivity index (χ4v) is 2.08. The summed E-state index contributed by atoms with van der Waals surface area (Å²) in [5.41, 5.74) is 0.979. The van der Waals surface area contributed by atoms with Crippen LogP contribution in [0.15, 0.2) is 24.3 Å². The molecule has 2 N–H and O–H groups in total. The molecule has 0 atom stereocenters. The third kappa shape index (κ3) is 4.31. The molecule has 0 heterocycles. The Bertz CT molecular complexity index is 564. The van der Waals surface area contributed by atoms with Gasteiger partial charge in [-0.25, -0.2) is 0 Å². The van der Waals surface area contributed by atoms with E-state index >= 15 is 0 Å². The van der Waals surface area contributed by atoms with Crippen LogP contribution in [0.4, 0.5) is 0 Å². The van der Waals surface area contributed by atoms with E-state index in [4.69, 9.17) is 5.11 Å². The maximum atomic E-state index is 12.3. The Morgan fingerprint density at radius 1 is 1.18 bits per heavy atom. The van der Waals surface area contributed by atoms with Crippen molar-refractivity contribution >= 4 is 17.8 Å². The van der Waals surface area contributed by atoms with E-state index in [1.165, 1.54) is 4.90 Å². The van der Waals surface area contributed by atoms with Crippen LogP contribution >= 0.6 is 0 Å². The van der Waals surface area contributed by atoms with Crippen LogP contribution in [0.5, 0.6) is 0 Å². The fraction of sp³-hybridized carbons (Fsp3) is 0.438. The van der Waals surface area contributed by atoms with Gasteiger partial charge in [0.25, 0.3) is 11.8 Å². The van der Waals surface area contributed by atoms with E-state index in [0.717, 1.165) is 12.8 Å². The Labute approximate surface area is 129 Å². The summed E-state index contributed by atoms with van der Waals surface area (Å²) in [6.45, 7) is 2.42. The zero-order chi connectivity index (χ0) is 16.1. The highest BCUT2D eigenvalue weighted by molar-refractivity contribution is 5.98. The van der Waals surface area contributed by atoms with E-state index in [1.54, 1.807) is 31.2 Å². The Kier molecular flexibility index (Phi) is 5.14. The number of nitrogens with zero attached hydrogens (tertiary/aromatic N) is 1. The van der Waals surface area contributed by atoms with Gasteiger partial charge in [0, 0.05) is 30.3 Å². The first-order valence-corrected chi connectivity index (χ1v) is 7.43. The van der Waals surface area contributed by atoms with Crippen LogP contribution < -0.4 is 5.32 Å². The zero-order valence-electron chi connectivity index (χ0n) is 12.5. The molecule has 22 heavy (non-hydrogen) atoms. The highest BCUT2D eigenvalue weighted by Crippen LogP contribution is 2.19. The first-order valence-electron chi connectivity index (χ1n) is 7.43. The minimum absolute atomic E-state index is 0.0819. The van der Waals surface area contributed by atoms with Crippen LogP contribution in [-0.4, -0.2) is 46.9 Å². The predicted octanol–water partition coefficient (Wildman–Crippen LogP) is 1.52. The third-order valence-corrected chi connectivity index (χ3v) is 3.57. The van der Waals surface area contributed by atoms with Crippen molar-refractivity contribution in [1.29, 1.82) is 0 Å². The lowest BCUT2D eigenvalue weighted by Gasteiger charge is -2.20. The summed E-state index contributed by atoms with van der Waals surface area (Å²) in [5.74, 6) is -1.28. The van der Waals surface area contributed by atoms with Crippen LogP contribution in [0.2, 0.25) is 0 Å². The second kappa shape index (κ2) is 7.06. The molecule has 1 aliphatic rings. The molecule has 0 radical (unpaired) electrons. The van der Waals surface area contributed by atoms with Gasteiger partial charge in [0.15, 0.2) is 0 Å². The van der Waals surface area contributed by atoms with E-state index in [2.05, 4.69) is 5.32 Å². The molecule has 0 bridgehead atoms. The van der Waals surface area contributed by atoms with Gasteiger partial charge in [-0.05, 0) is 44.0 Å². The summed E-state index contributed by atoms with van der Waals surface area (Å²) in [4.78, 5) is 36.3. The molecule has 0 aliphatic heterocycles. The van der Waals surface area contributed by atoms with Crippen molar-refractivity contribution in [2.45, 2.75) is 32.2 Å². The lowest BCUT2D eigenvalue weighted by Crippen LogP contribution is -2.33. The van der Waals surface area contributed by atoms with Crippen molar-refractivity contribution < 1.29 is 19.5 Å². The standard InChI is InChI=1S/C16H20N2O4/c1-2-18(10-9-14(19)20)16(22)12-5-3-11(4-6-12)15(21)17-13-7-8-13/h3-6,13H,2,7-10H2,1H3,(H,17,21)(H,19,20). The molecule has 1 aromatic carbocycles. The summed E-state index contributed by atoms with van der Waals surface area (Å²) in [6.07, 6.45) is 1.97. The van der Waals surface area contributed by atoms with Gasteiger partial charge < -0.3 is 15.3 Å². The molecule has 0 aromatic heterocycles. The monoisotopic (exact) mass is 304 g/mol. The van der Waals surface area contributed by atoms with E-state index < -0.39 is 5.97 Å². The molecular weight excluding hydrogens is 284 g/mol. The number of carbonyl (C=O) groups excluding carboxylic acids is 2. The van der Waals surface area contributed by atoms with Gasteiger partial charge in [-0.3, -0.25) is 14.4 Å². The normalized spacial score (nSPS) is 13.5. The lowest BCUT2D eigenvalue weighted by molar-refractivity contribution is -0.137. The second-order valence-electron chi connectivity index (χ2n) is 5.35. The van der Waals surface area contributed by atoms with Gasteiger partial charge in [-0.2, -0.15) is 0 Å². The van der Waals surface area contributed by atoms with Gasteiger partial charge in [-0.1, -0.05) is 0 Å². The summed E-state index contributed by atoms with van der Waals surface area (Å²) < 4.78 is 0. The number of hydrogen-bond donors (Lipinski definition) is 2. The van der Waals surface area contributed by atoms with Crippen LogP contribution in [-0.2, 0) is 4.79 Å². The number of carbonyl (C=O) groups is 3. The summed E-state index contributed by atoms with van der Waals surface area (Å²) >= 11 is 0. The van der Waals surface area contributed by atoms with E-state index in [9.17, 15) is 14.4 Å². The molecule has 2 amide bonds. The first-order chi connectivity index (χ1) is 10.5. The van der Waals surface area contributed by atoms with Gasteiger partial charge in [0.1, 0.15) is 0 Å². The van der Waals surface area contributed by atoms with E-state index in [-0.39, 0.29) is 24.8 Å². The van der Waals surface area contributed by atoms with Gasteiger partial charge >= 0.3 is 5.97 Å². The number of carboxylic acid groups (broad SMARTS) is 1. The number of hydrogen-bond acceptors (Lipinski definition) is 3. The smallest absolute Gasteiger partial charge is 0.305 e. The number of amides is 2. The second-order valence-corrected chi connectivity index (χ2v) is 5.35. The molecule has 1 aliphatic carbocycles. The van der Waals surface area contributed by atoms with Gasteiger partial charge in [0.2, 0.25) is 0 Å². The molecule has 0 saturated heterocycles. The number of carboxylic acids is 1. The number of nitrogens with one attached hydrogen (secondary N) is 1. The maximum absolute atomic E-state index is 12.3. The topological polar surface area (TPSA) is 86.7 Å². The summed E-state index contributed by atoms with van der Waals surface area (Å²) in [5, 5.41) is 11.6. The first kappa shape index (κ1) is 16.0. The van der Waals surface area contributed by atoms with Gasteiger partial charge in [0.05, 0.1) is 6.42 Å². The molecule has 1 saturated carbocycles. The minimum atomic E-state index is -0.932. The van der Waals surface area contributed by atoms with E-state index in [0.29, 0.717) is 23.7 Å². The Morgan fingerprint density at radius 2 is 1.77 bits per heavy atom. The van der Waals surface area contributed by atoms with Crippen LogP contribution in [0.1, 0.15) is 46.9 Å². The molecular formula is C16H20N2O4. The van der Waals surface area contributed by atoms with Crippen LogP contribution in [0, 0.1) is 0 Å². The average Bonchev–Trinajstić information content (AvgIpc) is 3.31. The average molecular weight is 304 g/mol. The molecule has 118 valence electrons. The number of aliphatic carboxylic acids is 1. The maximum Gasteiger partial charge on any atom is 0.305 e. The molecule has 6 heteroatoms. The molecule has 0 spiro atoms. The lowest BCUT2D eigenvalue weighted by atomic mass is 10.1. The fourth-order valence-electron chi connectivity index (χ4n) is 2.08. The number of benzene rings is 1. The highest BCUT2D eigenvalue weighted by atomic mass is 16.4. The predicted molar refractivity (Wildman–Crippen MR) is 80.8 cm³/mol. The molecule has 2 rings (SSSR count). The molecule has 1 aromatic rings. The van der Waals surface area contributed by atoms with Crippen molar-refractivity contribution in [3.05, 3.63) is 35.4 Å². The van der Waals surface area contributed by atoms with Crippen molar-refractivity contribution in [1.82, 2.24) is 10.2 Å².